The molecule has 1 aromatic heterocycles. The zero-order valence-corrected chi connectivity index (χ0v) is 19.1. The van der Waals surface area contributed by atoms with E-state index in [-0.39, 0.29) is 25.5 Å². The summed E-state index contributed by atoms with van der Waals surface area (Å²) in [7, 11) is 0. The molecule has 4 rings (SSSR count). The number of carbonyl (C=O) groups excluding carboxylic acids is 1. The number of aromatic nitrogens is 3. The number of nitrogens with one attached hydrogen (secondary N) is 1. The van der Waals surface area contributed by atoms with Crippen LogP contribution in [-0.4, -0.2) is 20.0 Å². The van der Waals surface area contributed by atoms with Gasteiger partial charge in [0.15, 0.2) is 0 Å². The molecule has 0 saturated carbocycles. The van der Waals surface area contributed by atoms with Gasteiger partial charge in [0.25, 0.3) is 0 Å². The second kappa shape index (κ2) is 9.07. The highest BCUT2D eigenvalue weighted by atomic mass is 35.5. The maximum atomic E-state index is 13.2. The topological polar surface area (TPSA) is 112 Å². The van der Waals surface area contributed by atoms with E-state index < -0.39 is 17.3 Å². The van der Waals surface area contributed by atoms with Crippen LogP contribution < -0.4 is 22.4 Å². The van der Waals surface area contributed by atoms with Crippen LogP contribution in [0.5, 0.6) is 0 Å². The van der Waals surface area contributed by atoms with E-state index in [2.05, 4.69) is 24.1 Å². The summed E-state index contributed by atoms with van der Waals surface area (Å²) in [5.41, 5.74) is 10.3. The number of primary amides is 1. The van der Waals surface area contributed by atoms with Crippen molar-refractivity contribution in [1.82, 2.24) is 14.1 Å². The highest BCUT2D eigenvalue weighted by Crippen LogP contribution is 2.34. The molecule has 3 N–H and O–H groups in total. The van der Waals surface area contributed by atoms with Crippen LogP contribution in [0.3, 0.4) is 0 Å². The summed E-state index contributed by atoms with van der Waals surface area (Å²) < 4.78 is 2.29. The summed E-state index contributed by atoms with van der Waals surface area (Å²) in [6.07, 6.45) is 0.775. The largest absolute Gasteiger partial charge is 0.370 e. The van der Waals surface area contributed by atoms with Gasteiger partial charge >= 0.3 is 11.4 Å². The van der Waals surface area contributed by atoms with Crippen molar-refractivity contribution in [3.8, 4) is 0 Å². The van der Waals surface area contributed by atoms with Crippen LogP contribution in [0.15, 0.2) is 57.6 Å². The molecule has 0 radical (unpaired) electrons. The van der Waals surface area contributed by atoms with Crippen molar-refractivity contribution in [3.63, 3.8) is 0 Å². The van der Waals surface area contributed by atoms with Gasteiger partial charge in [-0.15, -0.1) is 0 Å². The molecule has 0 atom stereocenters. The van der Waals surface area contributed by atoms with Gasteiger partial charge in [-0.05, 0) is 66.8 Å². The zero-order valence-electron chi connectivity index (χ0n) is 18.4. The first kappa shape index (κ1) is 22.5. The fourth-order valence-electron chi connectivity index (χ4n) is 3.89. The number of amides is 1. The molecule has 0 spiro atoms. The Bertz CT molecular complexity index is 1390. The Morgan fingerprint density at radius 1 is 1.12 bits per heavy atom. The van der Waals surface area contributed by atoms with Gasteiger partial charge in [0.05, 0.1) is 6.54 Å². The van der Waals surface area contributed by atoms with Crippen molar-refractivity contribution >= 4 is 34.7 Å². The average molecular weight is 466 g/mol. The molecule has 170 valence electrons. The molecule has 8 nitrogen and oxygen atoms in total. The summed E-state index contributed by atoms with van der Waals surface area (Å²) >= 11 is 5.98. The van der Waals surface area contributed by atoms with Gasteiger partial charge in [0, 0.05) is 23.7 Å². The predicted octanol–water partition coefficient (Wildman–Crippen LogP) is 3.08. The van der Waals surface area contributed by atoms with E-state index in [9.17, 15) is 14.4 Å². The third-order valence-corrected chi connectivity index (χ3v) is 6.10. The van der Waals surface area contributed by atoms with Crippen molar-refractivity contribution in [2.45, 2.75) is 39.8 Å². The molecule has 1 heterocycles. The maximum Gasteiger partial charge on any atom is 0.354 e. The van der Waals surface area contributed by atoms with Gasteiger partial charge in [-0.25, -0.2) is 14.2 Å². The third-order valence-electron chi connectivity index (χ3n) is 5.85. The van der Waals surface area contributed by atoms with Gasteiger partial charge in [0.2, 0.25) is 11.9 Å². The number of nitrogens with two attached hydrogens (primary N) is 1. The van der Waals surface area contributed by atoms with Crippen LogP contribution in [0, 0.1) is 0 Å². The molecule has 1 aliphatic rings. The summed E-state index contributed by atoms with van der Waals surface area (Å²) in [4.78, 5) is 41.2. The fourth-order valence-corrected chi connectivity index (χ4v) is 4.01. The zero-order chi connectivity index (χ0) is 23.7. The first-order valence-electron chi connectivity index (χ1n) is 10.5. The first-order chi connectivity index (χ1) is 15.7. The number of rotatable bonds is 7. The lowest BCUT2D eigenvalue weighted by Crippen LogP contribution is -2.43. The fraction of sp³-hybridized carbons (Fsp3) is 0.250. The van der Waals surface area contributed by atoms with Crippen LogP contribution in [0.1, 0.15) is 37.0 Å². The van der Waals surface area contributed by atoms with Gasteiger partial charge in [0.1, 0.15) is 0 Å². The highest BCUT2D eigenvalue weighted by molar-refractivity contribution is 6.30. The van der Waals surface area contributed by atoms with Crippen LogP contribution >= 0.6 is 11.6 Å². The Morgan fingerprint density at radius 3 is 2.55 bits per heavy atom. The molecule has 3 aromatic rings. The van der Waals surface area contributed by atoms with Crippen LogP contribution in [0.25, 0.3) is 5.57 Å². The minimum Gasteiger partial charge on any atom is -0.370 e. The number of fused-ring (bicyclic) bond motifs is 1. The van der Waals surface area contributed by atoms with Crippen molar-refractivity contribution < 1.29 is 4.79 Å². The maximum absolute atomic E-state index is 13.2. The molecule has 9 heteroatoms. The highest BCUT2D eigenvalue weighted by Gasteiger charge is 2.18. The average Bonchev–Trinajstić information content (AvgIpc) is 3.05. The molecule has 1 amide bonds. The molecule has 33 heavy (non-hydrogen) atoms. The van der Waals surface area contributed by atoms with E-state index in [4.69, 9.17) is 17.3 Å². The Balaban J connectivity index is 1.76. The Labute approximate surface area is 195 Å². The minimum atomic E-state index is -0.746. The third kappa shape index (κ3) is 4.75. The van der Waals surface area contributed by atoms with E-state index in [1.54, 1.807) is 24.3 Å². The number of allylic oxidation sites excluding steroid dienone is 2. The van der Waals surface area contributed by atoms with Gasteiger partial charge in [-0.3, -0.25) is 9.36 Å². The predicted molar refractivity (Wildman–Crippen MR) is 129 cm³/mol. The molecular weight excluding hydrogens is 442 g/mol. The summed E-state index contributed by atoms with van der Waals surface area (Å²) in [6.45, 7) is 4.22. The van der Waals surface area contributed by atoms with Crippen LogP contribution in [0.4, 0.5) is 11.6 Å². The number of benzene rings is 2. The molecule has 0 fully saturated rings. The lowest BCUT2D eigenvalue weighted by atomic mass is 10.1. The molecule has 0 aliphatic heterocycles. The van der Waals surface area contributed by atoms with Crippen molar-refractivity contribution in [2.24, 2.45) is 5.73 Å². The molecule has 0 bridgehead atoms. The number of hydrogen-bond donors (Lipinski definition) is 2. The smallest absolute Gasteiger partial charge is 0.354 e. The van der Waals surface area contributed by atoms with Crippen molar-refractivity contribution in [3.05, 3.63) is 90.7 Å². The summed E-state index contributed by atoms with van der Waals surface area (Å²) in [5, 5.41) is 3.72. The lowest BCUT2D eigenvalue weighted by Gasteiger charge is -2.16. The van der Waals surface area contributed by atoms with E-state index in [1.165, 1.54) is 21.3 Å². The number of hydrogen-bond acceptors (Lipinski definition) is 5. The van der Waals surface area contributed by atoms with Gasteiger partial charge in [-0.2, -0.15) is 4.98 Å². The Morgan fingerprint density at radius 2 is 1.85 bits per heavy atom. The summed E-state index contributed by atoms with van der Waals surface area (Å²) in [5.74, 6) is -0.490. The van der Waals surface area contributed by atoms with E-state index in [0.717, 1.165) is 22.1 Å². The SMILES string of the molecule is CC1=C(C)c2cc(Nc3nc(=O)n(CCC(N)=O)c(=O)n3Cc3ccc(Cl)cc3)ccc2C1. The van der Waals surface area contributed by atoms with E-state index in [0.29, 0.717) is 10.7 Å². The standard InChI is InChI=1S/C24H24ClN5O3/c1-14-11-17-5-8-19(12-20(17)15(14)2)27-22-28-23(32)29(10-9-21(26)31)24(33)30(22)13-16-3-6-18(25)7-4-16/h3-8,12H,9-11,13H2,1-2H3,(H2,26,31)(H,27,28,32). The number of nitrogens with zero attached hydrogens (tertiary/aromatic N) is 3. The number of carbonyl (C=O) groups is 1. The van der Waals surface area contributed by atoms with E-state index in [1.807, 2.05) is 18.2 Å². The Kier molecular flexibility index (Phi) is 6.20. The Hall–Kier alpha value is -3.65. The second-order valence-corrected chi connectivity index (χ2v) is 8.60. The van der Waals surface area contributed by atoms with Gasteiger partial charge < -0.3 is 11.1 Å². The lowest BCUT2D eigenvalue weighted by molar-refractivity contribution is -0.118. The molecule has 0 unspecified atom stereocenters. The normalized spacial score (nSPS) is 12.7. The van der Waals surface area contributed by atoms with Crippen LogP contribution in [0.2, 0.25) is 5.02 Å². The molecule has 2 aromatic carbocycles. The number of anilines is 2. The van der Waals surface area contributed by atoms with Crippen LogP contribution in [-0.2, 0) is 24.3 Å². The first-order valence-corrected chi connectivity index (χ1v) is 10.9. The monoisotopic (exact) mass is 465 g/mol. The quantitative estimate of drug-likeness (QED) is 0.557. The number of halogens is 1. The molecule has 0 saturated heterocycles. The van der Waals surface area contributed by atoms with Gasteiger partial charge in [-0.1, -0.05) is 35.4 Å². The minimum absolute atomic E-state index is 0.117. The van der Waals surface area contributed by atoms with Crippen molar-refractivity contribution in [2.75, 3.05) is 5.32 Å². The van der Waals surface area contributed by atoms with Crippen molar-refractivity contribution in [1.29, 1.82) is 0 Å². The second-order valence-electron chi connectivity index (χ2n) is 8.16. The summed E-state index contributed by atoms with van der Waals surface area (Å²) in [6, 6.07) is 13.0. The molecule has 1 aliphatic carbocycles. The van der Waals surface area contributed by atoms with E-state index >= 15 is 0 Å². The molecular formula is C24H24ClN5O3.